The highest BCUT2D eigenvalue weighted by atomic mass is 16.6. The quantitative estimate of drug-likeness (QED) is 0.299. The third kappa shape index (κ3) is 7.99. The van der Waals surface area contributed by atoms with Crippen LogP contribution in [0, 0.1) is 27.7 Å². The van der Waals surface area contributed by atoms with E-state index in [-0.39, 0.29) is 24.3 Å². The number of carbonyl (C=O) groups is 3. The molecule has 1 fully saturated rings. The minimum Gasteiger partial charge on any atom is -0.444 e. The van der Waals surface area contributed by atoms with Crippen molar-refractivity contribution < 1.29 is 19.1 Å². The lowest BCUT2D eigenvalue weighted by Gasteiger charge is -2.35. The fourth-order valence-electron chi connectivity index (χ4n) is 5.36. The maximum atomic E-state index is 14.6. The Morgan fingerprint density at radius 2 is 1.48 bits per heavy atom. The Balaban J connectivity index is 1.76. The normalized spacial score (nSPS) is 14.5. The molecule has 0 saturated heterocycles. The summed E-state index contributed by atoms with van der Waals surface area (Å²) in [6, 6.07) is 19.5. The third-order valence-electron chi connectivity index (χ3n) is 7.28. The van der Waals surface area contributed by atoms with Gasteiger partial charge >= 0.3 is 6.09 Å². The van der Waals surface area contributed by atoms with Gasteiger partial charge in [-0.3, -0.25) is 9.59 Å². The van der Waals surface area contributed by atoms with Gasteiger partial charge in [0.2, 0.25) is 5.91 Å². The van der Waals surface area contributed by atoms with Crippen LogP contribution in [0.3, 0.4) is 0 Å². The molecule has 7 nitrogen and oxygen atoms in total. The summed E-state index contributed by atoms with van der Waals surface area (Å²) in [5.41, 5.74) is 5.55. The van der Waals surface area contributed by atoms with E-state index in [1.54, 1.807) is 25.7 Å². The lowest BCUT2D eigenvalue weighted by molar-refractivity contribution is -0.141. The molecule has 42 heavy (non-hydrogen) atoms. The van der Waals surface area contributed by atoms with E-state index in [0.29, 0.717) is 0 Å². The van der Waals surface area contributed by atoms with E-state index in [4.69, 9.17) is 4.74 Å². The van der Waals surface area contributed by atoms with Crippen molar-refractivity contribution in [3.8, 4) is 0 Å². The number of alkyl carbamates (subject to hydrolysis) is 1. The lowest BCUT2D eigenvalue weighted by atomic mass is 9.97. The Hall–Kier alpha value is -4.13. The smallest absolute Gasteiger partial charge is 0.408 e. The van der Waals surface area contributed by atoms with Crippen LogP contribution in [0.15, 0.2) is 66.7 Å². The van der Waals surface area contributed by atoms with Crippen molar-refractivity contribution in [3.05, 3.63) is 100 Å². The number of aryl methyl sites for hydroxylation is 4. The van der Waals surface area contributed by atoms with Gasteiger partial charge in [0.15, 0.2) is 0 Å². The number of ether oxygens (including phenoxy) is 1. The number of carbonyl (C=O) groups excluding carboxylic acids is 3. The molecular formula is C35H43N3O4. The number of benzene rings is 3. The monoisotopic (exact) mass is 569 g/mol. The summed E-state index contributed by atoms with van der Waals surface area (Å²) in [7, 11) is 0. The maximum absolute atomic E-state index is 14.6. The Morgan fingerprint density at radius 3 is 2.02 bits per heavy atom. The van der Waals surface area contributed by atoms with Crippen molar-refractivity contribution in [3.63, 3.8) is 0 Å². The van der Waals surface area contributed by atoms with E-state index < -0.39 is 23.8 Å². The Morgan fingerprint density at radius 1 is 0.881 bits per heavy atom. The highest BCUT2D eigenvalue weighted by molar-refractivity contribution is 6.00. The van der Waals surface area contributed by atoms with Crippen LogP contribution in [0.2, 0.25) is 0 Å². The topological polar surface area (TPSA) is 87.7 Å². The molecule has 7 heteroatoms. The van der Waals surface area contributed by atoms with E-state index in [2.05, 4.69) is 16.7 Å². The van der Waals surface area contributed by atoms with Crippen LogP contribution in [0.5, 0.6) is 0 Å². The van der Waals surface area contributed by atoms with Crippen molar-refractivity contribution in [1.29, 1.82) is 0 Å². The molecule has 2 N–H and O–H groups in total. The standard InChI is InChI=1S/C35H43N3O4/c1-22-18-23(2)20-27(19-22)31(32(39)37-30-24(3)12-11-13-25(30)4)38(28-16-17-28)33(40)29(21-26-14-9-8-10-15-26)36-34(41)42-35(5,6)7/h8-15,18-20,28-29,31H,16-17,21H2,1-7H3,(H,36,41)(H,37,39). The molecule has 0 aliphatic heterocycles. The van der Waals surface area contributed by atoms with Crippen LogP contribution in [0.1, 0.15) is 73.0 Å². The zero-order chi connectivity index (χ0) is 30.6. The van der Waals surface area contributed by atoms with Gasteiger partial charge in [0.25, 0.3) is 5.91 Å². The maximum Gasteiger partial charge on any atom is 0.408 e. The summed E-state index contributed by atoms with van der Waals surface area (Å²) < 4.78 is 5.54. The molecule has 3 amide bonds. The molecule has 1 aliphatic rings. The molecule has 1 aliphatic carbocycles. The van der Waals surface area contributed by atoms with Gasteiger partial charge in [0.1, 0.15) is 17.7 Å². The summed E-state index contributed by atoms with van der Waals surface area (Å²) in [6.07, 6.45) is 1.17. The SMILES string of the molecule is Cc1cc(C)cc(C(C(=O)Nc2c(C)cccc2C)N(C(=O)C(Cc2ccccc2)NC(=O)OC(C)(C)C)C2CC2)c1. The van der Waals surface area contributed by atoms with Crippen LogP contribution < -0.4 is 10.6 Å². The highest BCUT2D eigenvalue weighted by Gasteiger charge is 2.44. The summed E-state index contributed by atoms with van der Waals surface area (Å²) >= 11 is 0. The fraction of sp³-hybridized carbons (Fsp3) is 0.400. The second-order valence-electron chi connectivity index (χ2n) is 12.4. The lowest BCUT2D eigenvalue weighted by Crippen LogP contribution is -2.54. The number of nitrogens with one attached hydrogen (secondary N) is 2. The molecule has 4 rings (SSSR count). The molecule has 0 radical (unpaired) electrons. The summed E-state index contributed by atoms with van der Waals surface area (Å²) in [4.78, 5) is 43.5. The Labute approximate surface area is 249 Å². The van der Waals surface area contributed by atoms with Gasteiger partial charge in [-0.05, 0) is 83.6 Å². The van der Waals surface area contributed by atoms with Crippen LogP contribution in [-0.2, 0) is 20.7 Å². The van der Waals surface area contributed by atoms with Gasteiger partial charge in [-0.1, -0.05) is 77.9 Å². The number of anilines is 1. The molecule has 2 unspecified atom stereocenters. The predicted octanol–water partition coefficient (Wildman–Crippen LogP) is 6.73. The van der Waals surface area contributed by atoms with Gasteiger partial charge in [0.05, 0.1) is 0 Å². The van der Waals surface area contributed by atoms with Crippen molar-refractivity contribution in [2.45, 2.75) is 91.5 Å². The van der Waals surface area contributed by atoms with Gasteiger partial charge in [-0.15, -0.1) is 0 Å². The molecule has 3 aromatic carbocycles. The second-order valence-corrected chi connectivity index (χ2v) is 12.4. The first-order chi connectivity index (χ1) is 19.8. The minimum absolute atomic E-state index is 0.120. The first-order valence-electron chi connectivity index (χ1n) is 14.6. The number of amides is 3. The number of hydrogen-bond acceptors (Lipinski definition) is 4. The Bertz CT molecular complexity index is 1400. The van der Waals surface area contributed by atoms with E-state index in [9.17, 15) is 14.4 Å². The van der Waals surface area contributed by atoms with Gasteiger partial charge < -0.3 is 20.3 Å². The third-order valence-corrected chi connectivity index (χ3v) is 7.28. The number of nitrogens with zero attached hydrogens (tertiary/aromatic N) is 1. The summed E-state index contributed by atoms with van der Waals surface area (Å²) in [5, 5.41) is 5.99. The fourth-order valence-corrected chi connectivity index (χ4v) is 5.36. The molecule has 1 saturated carbocycles. The predicted molar refractivity (Wildman–Crippen MR) is 166 cm³/mol. The number of hydrogen-bond donors (Lipinski definition) is 2. The molecular weight excluding hydrogens is 526 g/mol. The zero-order valence-corrected chi connectivity index (χ0v) is 25.8. The van der Waals surface area contributed by atoms with Gasteiger partial charge in [-0.25, -0.2) is 4.79 Å². The number of para-hydroxylation sites is 1. The molecule has 0 bridgehead atoms. The highest BCUT2D eigenvalue weighted by Crippen LogP contribution is 2.37. The minimum atomic E-state index is -0.927. The first kappa shape index (κ1) is 30.8. The summed E-state index contributed by atoms with van der Waals surface area (Å²) in [6.45, 7) is 13.2. The van der Waals surface area contributed by atoms with Crippen molar-refractivity contribution >= 4 is 23.6 Å². The van der Waals surface area contributed by atoms with Crippen LogP contribution >= 0.6 is 0 Å². The van der Waals surface area contributed by atoms with Gasteiger partial charge in [-0.2, -0.15) is 0 Å². The summed E-state index contributed by atoms with van der Waals surface area (Å²) in [5.74, 6) is -0.596. The van der Waals surface area contributed by atoms with Crippen molar-refractivity contribution in [2.24, 2.45) is 0 Å². The van der Waals surface area contributed by atoms with Crippen molar-refractivity contribution in [1.82, 2.24) is 10.2 Å². The van der Waals surface area contributed by atoms with Crippen molar-refractivity contribution in [2.75, 3.05) is 5.32 Å². The number of rotatable bonds is 9. The molecule has 222 valence electrons. The van der Waals surface area contributed by atoms with Gasteiger partial charge in [0, 0.05) is 18.2 Å². The average Bonchev–Trinajstić information content (AvgIpc) is 3.73. The molecule has 0 aromatic heterocycles. The first-order valence-corrected chi connectivity index (χ1v) is 14.6. The van der Waals surface area contributed by atoms with E-state index in [0.717, 1.165) is 51.9 Å². The second kappa shape index (κ2) is 12.8. The van der Waals surface area contributed by atoms with E-state index in [1.165, 1.54) is 0 Å². The van der Waals surface area contributed by atoms with Crippen LogP contribution in [0.4, 0.5) is 10.5 Å². The van der Waals surface area contributed by atoms with Crippen LogP contribution in [0.25, 0.3) is 0 Å². The largest absolute Gasteiger partial charge is 0.444 e. The van der Waals surface area contributed by atoms with Crippen LogP contribution in [-0.4, -0.2) is 40.5 Å². The van der Waals surface area contributed by atoms with E-state index in [1.807, 2.05) is 88.4 Å². The molecule has 0 heterocycles. The molecule has 2 atom stereocenters. The molecule has 3 aromatic rings. The zero-order valence-electron chi connectivity index (χ0n) is 25.8. The van der Waals surface area contributed by atoms with E-state index >= 15 is 0 Å². The average molecular weight is 570 g/mol. The Kier molecular flexibility index (Phi) is 9.40. The molecule has 0 spiro atoms.